The summed E-state index contributed by atoms with van der Waals surface area (Å²) in [6.07, 6.45) is 1.61. The largest absolute Gasteiger partial charge is 0.366 e. The molecule has 17 heavy (non-hydrogen) atoms. The van der Waals surface area contributed by atoms with Gasteiger partial charge in [-0.05, 0) is 28.8 Å². The van der Waals surface area contributed by atoms with Gasteiger partial charge in [-0.3, -0.25) is 0 Å². The third kappa shape index (κ3) is 2.26. The SMILES string of the molecule is CCc1nnc(-n2nc(N)nc2Br)nc1CC. The Labute approximate surface area is 107 Å². The topological polar surface area (TPSA) is 95.4 Å². The molecule has 0 aliphatic rings. The number of aromatic nitrogens is 6. The molecule has 0 aromatic carbocycles. The summed E-state index contributed by atoms with van der Waals surface area (Å²) in [6, 6.07) is 0. The number of nitrogen functional groups attached to an aromatic ring is 1. The summed E-state index contributed by atoms with van der Waals surface area (Å²) in [5.41, 5.74) is 7.31. The first-order valence-electron chi connectivity index (χ1n) is 5.26. The molecule has 8 heteroatoms. The van der Waals surface area contributed by atoms with Crippen molar-refractivity contribution in [3.05, 3.63) is 16.1 Å². The number of nitrogens with two attached hydrogens (primary N) is 1. The summed E-state index contributed by atoms with van der Waals surface area (Å²) in [5.74, 6) is 0.535. The second kappa shape index (κ2) is 4.74. The maximum absolute atomic E-state index is 5.49. The molecule has 90 valence electrons. The lowest BCUT2D eigenvalue weighted by molar-refractivity contribution is 0.720. The molecule has 0 bridgehead atoms. The number of rotatable bonds is 3. The van der Waals surface area contributed by atoms with E-state index in [1.807, 2.05) is 13.8 Å². The van der Waals surface area contributed by atoms with Crippen molar-refractivity contribution in [3.63, 3.8) is 0 Å². The maximum Gasteiger partial charge on any atom is 0.272 e. The summed E-state index contributed by atoms with van der Waals surface area (Å²) in [6.45, 7) is 4.05. The molecule has 0 aliphatic heterocycles. The Balaban J connectivity index is 2.50. The zero-order chi connectivity index (χ0) is 12.4. The van der Waals surface area contributed by atoms with E-state index >= 15 is 0 Å². The predicted molar refractivity (Wildman–Crippen MR) is 65.6 cm³/mol. The molecule has 0 unspecified atom stereocenters. The molecular formula is C9H12BrN7. The van der Waals surface area contributed by atoms with Crippen LogP contribution in [0.15, 0.2) is 4.73 Å². The number of hydrogen-bond donors (Lipinski definition) is 1. The fourth-order valence-corrected chi connectivity index (χ4v) is 1.87. The molecule has 2 N–H and O–H groups in total. The number of anilines is 1. The normalized spacial score (nSPS) is 10.8. The molecule has 0 atom stereocenters. The van der Waals surface area contributed by atoms with Gasteiger partial charge in [0.05, 0.1) is 11.4 Å². The van der Waals surface area contributed by atoms with Crippen LogP contribution >= 0.6 is 15.9 Å². The van der Waals surface area contributed by atoms with Crippen LogP contribution in [0.5, 0.6) is 0 Å². The van der Waals surface area contributed by atoms with Crippen LogP contribution in [0.25, 0.3) is 5.95 Å². The second-order valence-corrected chi connectivity index (χ2v) is 4.07. The molecular weight excluding hydrogens is 286 g/mol. The molecule has 2 aromatic rings. The Kier molecular flexibility index (Phi) is 3.32. The third-order valence-electron chi connectivity index (χ3n) is 2.27. The molecule has 2 rings (SSSR count). The highest BCUT2D eigenvalue weighted by Crippen LogP contribution is 2.13. The molecule has 7 nitrogen and oxygen atoms in total. The van der Waals surface area contributed by atoms with E-state index in [1.165, 1.54) is 4.68 Å². The Morgan fingerprint density at radius 2 is 1.82 bits per heavy atom. The van der Waals surface area contributed by atoms with Gasteiger partial charge >= 0.3 is 0 Å². The van der Waals surface area contributed by atoms with Crippen molar-refractivity contribution < 1.29 is 0 Å². The standard InChI is InChI=1S/C9H12BrN7/c1-3-5-6(4-2)14-15-9(12-5)17-7(10)13-8(11)16-17/h3-4H2,1-2H3,(H2,11,16). The van der Waals surface area contributed by atoms with Crippen LogP contribution in [0.3, 0.4) is 0 Å². The fraction of sp³-hybridized carbons (Fsp3) is 0.444. The minimum atomic E-state index is 0.165. The lowest BCUT2D eigenvalue weighted by Crippen LogP contribution is -2.10. The van der Waals surface area contributed by atoms with Gasteiger partial charge in [-0.15, -0.1) is 15.3 Å². The van der Waals surface area contributed by atoms with Crippen LogP contribution in [-0.2, 0) is 12.8 Å². The number of hydrogen-bond acceptors (Lipinski definition) is 6. The smallest absolute Gasteiger partial charge is 0.272 e. The number of aryl methyl sites for hydroxylation is 2. The minimum absolute atomic E-state index is 0.165. The van der Waals surface area contributed by atoms with Gasteiger partial charge in [0, 0.05) is 0 Å². The van der Waals surface area contributed by atoms with Gasteiger partial charge in [-0.2, -0.15) is 9.67 Å². The second-order valence-electron chi connectivity index (χ2n) is 3.36. The molecule has 0 fully saturated rings. The molecule has 0 saturated carbocycles. The van der Waals surface area contributed by atoms with E-state index in [2.05, 4.69) is 41.2 Å². The average molecular weight is 298 g/mol. The highest BCUT2D eigenvalue weighted by atomic mass is 79.9. The molecule has 0 amide bonds. The van der Waals surface area contributed by atoms with E-state index in [9.17, 15) is 0 Å². The quantitative estimate of drug-likeness (QED) is 0.905. The van der Waals surface area contributed by atoms with E-state index in [0.717, 1.165) is 24.2 Å². The zero-order valence-corrected chi connectivity index (χ0v) is 11.1. The Morgan fingerprint density at radius 3 is 2.35 bits per heavy atom. The summed E-state index contributed by atoms with van der Waals surface area (Å²) in [7, 11) is 0. The van der Waals surface area contributed by atoms with Crippen molar-refractivity contribution in [3.8, 4) is 5.95 Å². The van der Waals surface area contributed by atoms with Crippen molar-refractivity contribution in [1.82, 2.24) is 29.9 Å². The molecule has 0 saturated heterocycles. The number of halogens is 1. The van der Waals surface area contributed by atoms with Crippen LogP contribution < -0.4 is 5.73 Å². The highest BCUT2D eigenvalue weighted by Gasteiger charge is 2.12. The van der Waals surface area contributed by atoms with Crippen molar-refractivity contribution in [1.29, 1.82) is 0 Å². The Morgan fingerprint density at radius 1 is 1.12 bits per heavy atom. The van der Waals surface area contributed by atoms with Crippen LogP contribution in [0.4, 0.5) is 5.95 Å². The first-order valence-corrected chi connectivity index (χ1v) is 6.05. The Bertz CT molecular complexity index is 536. The van der Waals surface area contributed by atoms with Gasteiger partial charge in [0.15, 0.2) is 0 Å². The van der Waals surface area contributed by atoms with E-state index in [-0.39, 0.29) is 5.95 Å². The molecule has 0 radical (unpaired) electrons. The predicted octanol–water partition coefficient (Wildman–Crippen LogP) is 0.922. The van der Waals surface area contributed by atoms with Crippen LogP contribution in [0.1, 0.15) is 25.2 Å². The number of nitrogens with zero attached hydrogens (tertiary/aromatic N) is 6. The van der Waals surface area contributed by atoms with E-state index in [1.54, 1.807) is 0 Å². The summed E-state index contributed by atoms with van der Waals surface area (Å²) < 4.78 is 1.88. The van der Waals surface area contributed by atoms with Crippen LogP contribution in [0, 0.1) is 0 Å². The Hall–Kier alpha value is -1.57. The highest BCUT2D eigenvalue weighted by molar-refractivity contribution is 9.10. The van der Waals surface area contributed by atoms with Gasteiger partial charge in [-0.1, -0.05) is 13.8 Å². The fourth-order valence-electron chi connectivity index (χ4n) is 1.45. The summed E-state index contributed by atoms with van der Waals surface area (Å²) in [5, 5.41) is 12.1. The van der Waals surface area contributed by atoms with Crippen molar-refractivity contribution in [2.75, 3.05) is 5.73 Å². The summed E-state index contributed by atoms with van der Waals surface area (Å²) >= 11 is 3.24. The minimum Gasteiger partial charge on any atom is -0.366 e. The first kappa shape index (κ1) is 11.9. The molecule has 0 aliphatic carbocycles. The van der Waals surface area contributed by atoms with Gasteiger partial charge in [0.2, 0.25) is 10.7 Å². The molecule has 2 aromatic heterocycles. The van der Waals surface area contributed by atoms with E-state index < -0.39 is 0 Å². The zero-order valence-electron chi connectivity index (χ0n) is 9.55. The molecule has 0 spiro atoms. The van der Waals surface area contributed by atoms with E-state index in [4.69, 9.17) is 5.73 Å². The van der Waals surface area contributed by atoms with Crippen LogP contribution in [-0.4, -0.2) is 29.9 Å². The first-order chi connectivity index (χ1) is 8.15. The lowest BCUT2D eigenvalue weighted by atomic mass is 10.2. The monoisotopic (exact) mass is 297 g/mol. The molecule has 2 heterocycles. The van der Waals surface area contributed by atoms with E-state index in [0.29, 0.717) is 10.7 Å². The maximum atomic E-state index is 5.49. The third-order valence-corrected chi connectivity index (χ3v) is 2.78. The van der Waals surface area contributed by atoms with Gasteiger partial charge in [0.1, 0.15) is 0 Å². The van der Waals surface area contributed by atoms with Gasteiger partial charge in [-0.25, -0.2) is 4.98 Å². The average Bonchev–Trinajstić information content (AvgIpc) is 2.67. The van der Waals surface area contributed by atoms with Crippen LogP contribution in [0.2, 0.25) is 0 Å². The summed E-state index contributed by atoms with van der Waals surface area (Å²) in [4.78, 5) is 8.33. The van der Waals surface area contributed by atoms with Gasteiger partial charge < -0.3 is 5.73 Å². The van der Waals surface area contributed by atoms with Crippen molar-refractivity contribution in [2.24, 2.45) is 0 Å². The van der Waals surface area contributed by atoms with Gasteiger partial charge in [0.25, 0.3) is 5.95 Å². The van der Waals surface area contributed by atoms with Crippen molar-refractivity contribution in [2.45, 2.75) is 26.7 Å². The van der Waals surface area contributed by atoms with Crippen molar-refractivity contribution >= 4 is 21.9 Å². The lowest BCUT2D eigenvalue weighted by Gasteiger charge is -2.05.